The molecule has 6 aromatic rings. The minimum atomic E-state index is -0.455. The van der Waals surface area contributed by atoms with Gasteiger partial charge in [0.2, 0.25) is 17.8 Å². The lowest BCUT2D eigenvalue weighted by atomic mass is 9.98. The van der Waals surface area contributed by atoms with E-state index in [0.717, 1.165) is 104 Å². The molecule has 4 aromatic heterocycles. The number of likely N-dealkylation sites (tertiary alicyclic amines) is 1. The van der Waals surface area contributed by atoms with Gasteiger partial charge in [-0.1, -0.05) is 50.0 Å². The normalized spacial score (nSPS) is 17.8. The first-order valence-corrected chi connectivity index (χ1v) is 28.6. The number of nitrogens with one attached hydrogen (secondary N) is 2. The number of nitrogen functional groups attached to an aromatic ring is 1. The first kappa shape index (κ1) is 58.0. The van der Waals surface area contributed by atoms with E-state index < -0.39 is 5.91 Å². The van der Waals surface area contributed by atoms with Crippen molar-refractivity contribution in [1.29, 1.82) is 0 Å². The van der Waals surface area contributed by atoms with Crippen molar-refractivity contribution in [2.75, 3.05) is 114 Å². The Morgan fingerprint density at radius 1 is 0.827 bits per heavy atom. The Morgan fingerprint density at radius 2 is 1.58 bits per heavy atom. The van der Waals surface area contributed by atoms with Gasteiger partial charge in [-0.25, -0.2) is 19.6 Å². The number of nitrogens with zero attached hydrogens (tertiary/aromatic N) is 12. The summed E-state index contributed by atoms with van der Waals surface area (Å²) in [6.07, 6.45) is 13.0. The molecule has 0 bridgehead atoms. The van der Waals surface area contributed by atoms with Gasteiger partial charge in [0, 0.05) is 76.3 Å². The number of carbonyl (C=O) groups is 4. The van der Waals surface area contributed by atoms with Crippen LogP contribution in [0.25, 0.3) is 33.3 Å². The zero-order valence-corrected chi connectivity index (χ0v) is 48.1. The highest BCUT2D eigenvalue weighted by molar-refractivity contribution is 6.13. The number of likely N-dealkylation sites (N-methyl/N-ethyl adjacent to an activating group) is 2. The summed E-state index contributed by atoms with van der Waals surface area (Å²) in [5.41, 5.74) is 13.0. The average Bonchev–Trinajstić information content (AvgIpc) is 3.88. The molecule has 430 valence electrons. The van der Waals surface area contributed by atoms with Crippen molar-refractivity contribution in [3.63, 3.8) is 0 Å². The predicted molar refractivity (Wildman–Crippen MR) is 316 cm³/mol. The van der Waals surface area contributed by atoms with Crippen LogP contribution in [0.2, 0.25) is 0 Å². The number of unbranched alkanes of at least 4 members (excludes halogenated alkanes) is 5. The van der Waals surface area contributed by atoms with E-state index in [-0.39, 0.29) is 53.8 Å². The van der Waals surface area contributed by atoms with E-state index in [4.69, 9.17) is 35.3 Å². The third-order valence-electron chi connectivity index (χ3n) is 15.9. The number of hydrogen-bond acceptors (Lipinski definition) is 16. The summed E-state index contributed by atoms with van der Waals surface area (Å²) in [6.45, 7) is 15.3. The van der Waals surface area contributed by atoms with Crippen molar-refractivity contribution >= 4 is 69.0 Å². The maximum Gasteiger partial charge on any atom is 0.277 e. The fraction of sp³-hybridized carbons (Fsp3) is 0.500. The van der Waals surface area contributed by atoms with Crippen molar-refractivity contribution < 1.29 is 28.7 Å². The quantitative estimate of drug-likeness (QED) is 0.0497. The first-order chi connectivity index (χ1) is 39.1. The molecule has 0 aliphatic carbocycles. The lowest BCUT2D eigenvalue weighted by Gasteiger charge is -2.37. The van der Waals surface area contributed by atoms with Gasteiger partial charge in [0.1, 0.15) is 18.0 Å². The van der Waals surface area contributed by atoms with E-state index in [2.05, 4.69) is 56.2 Å². The van der Waals surface area contributed by atoms with Gasteiger partial charge in [0.05, 0.1) is 67.4 Å². The summed E-state index contributed by atoms with van der Waals surface area (Å²) >= 11 is 0. The minimum absolute atomic E-state index is 0.00663. The maximum atomic E-state index is 13.9. The summed E-state index contributed by atoms with van der Waals surface area (Å²) in [5, 5.41) is 12.1. The molecule has 81 heavy (non-hydrogen) atoms. The molecule has 4 amide bonds. The lowest BCUT2D eigenvalue weighted by Crippen LogP contribution is -2.46. The second kappa shape index (κ2) is 26.8. The largest absolute Gasteiger partial charge is 0.383 e. The fourth-order valence-corrected chi connectivity index (χ4v) is 10.9. The van der Waals surface area contributed by atoms with Crippen LogP contribution in [-0.2, 0) is 25.5 Å². The predicted octanol–water partition coefficient (Wildman–Crippen LogP) is 6.79. The first-order valence-electron chi connectivity index (χ1n) is 28.6. The topological polar surface area (TPSA) is 235 Å². The molecule has 3 saturated heterocycles. The van der Waals surface area contributed by atoms with E-state index in [1.54, 1.807) is 35.8 Å². The summed E-state index contributed by atoms with van der Waals surface area (Å²) in [7, 11) is 5.52. The number of morpholine rings is 2. The van der Waals surface area contributed by atoms with Crippen molar-refractivity contribution in [1.82, 2.24) is 54.7 Å². The van der Waals surface area contributed by atoms with Crippen LogP contribution in [0.4, 0.5) is 23.3 Å². The van der Waals surface area contributed by atoms with Crippen LogP contribution in [0.5, 0.6) is 0 Å². The zero-order chi connectivity index (χ0) is 57.2. The Labute approximate surface area is 474 Å². The number of rotatable bonds is 21. The monoisotopic (exact) mass is 1110 g/mol. The van der Waals surface area contributed by atoms with E-state index in [0.29, 0.717) is 93.0 Å². The van der Waals surface area contributed by atoms with Gasteiger partial charge < -0.3 is 50.3 Å². The Balaban J connectivity index is 0.694. The van der Waals surface area contributed by atoms with E-state index in [9.17, 15) is 19.2 Å². The van der Waals surface area contributed by atoms with Gasteiger partial charge in [-0.05, 0) is 114 Å². The van der Waals surface area contributed by atoms with E-state index >= 15 is 0 Å². The molecule has 7 heterocycles. The molecule has 21 heteroatoms. The lowest BCUT2D eigenvalue weighted by molar-refractivity contribution is -0.128. The molecule has 3 aliphatic rings. The molecule has 4 N–H and O–H groups in total. The van der Waals surface area contributed by atoms with Gasteiger partial charge in [0.25, 0.3) is 11.8 Å². The molecular weight excluding hydrogens is 1030 g/mol. The molecule has 9 rings (SSSR count). The van der Waals surface area contributed by atoms with E-state index in [1.807, 2.05) is 67.3 Å². The van der Waals surface area contributed by atoms with Crippen molar-refractivity contribution in [2.45, 2.75) is 104 Å². The minimum Gasteiger partial charge on any atom is -0.383 e. The number of carbonyl (C=O) groups excluding carboxylic acids is 4. The second-order valence-electron chi connectivity index (χ2n) is 22.0. The number of anilines is 4. The molecule has 3 atom stereocenters. The van der Waals surface area contributed by atoms with Crippen molar-refractivity contribution in [2.24, 2.45) is 0 Å². The number of fused-ring (bicyclic) bond motifs is 2. The number of aromatic nitrogens is 7. The van der Waals surface area contributed by atoms with Crippen LogP contribution in [0.15, 0.2) is 67.0 Å². The van der Waals surface area contributed by atoms with Crippen LogP contribution in [0, 0.1) is 13.8 Å². The summed E-state index contributed by atoms with van der Waals surface area (Å²) in [6, 6.07) is 15.4. The van der Waals surface area contributed by atoms with Crippen LogP contribution < -0.4 is 26.2 Å². The van der Waals surface area contributed by atoms with Gasteiger partial charge >= 0.3 is 0 Å². The number of amides is 4. The molecule has 0 saturated carbocycles. The summed E-state index contributed by atoms with van der Waals surface area (Å²) in [5.74, 6) is 1.02. The maximum absolute atomic E-state index is 13.9. The Bertz CT molecular complexity index is 3250. The zero-order valence-electron chi connectivity index (χ0n) is 48.1. The highest BCUT2D eigenvalue weighted by Crippen LogP contribution is 2.33. The number of benzene rings is 2. The van der Waals surface area contributed by atoms with Gasteiger partial charge in [-0.3, -0.25) is 19.2 Å². The number of piperidine rings is 1. The number of hydrogen-bond donors (Lipinski definition) is 3. The van der Waals surface area contributed by atoms with Crippen LogP contribution in [0.3, 0.4) is 0 Å². The molecule has 3 aliphatic heterocycles. The SMILES string of the molecule is Cc1c(CC(=O)N(C)C)ccc(NC(=O)c2nn([C@@H]3CCCN(C(=O)/C=C/CN(C)CCCCCCCCNC(=O)c4cccc(-c5ccc6c(N7CCOC[C@H]7C)nc(N7CCOC[C@H]7C)nc6n5)c4)C3)c3ncnc(N)c23)c1C. The Morgan fingerprint density at radius 3 is 2.35 bits per heavy atom. The molecule has 0 spiro atoms. The summed E-state index contributed by atoms with van der Waals surface area (Å²) < 4.78 is 13.2. The number of nitrogens with two attached hydrogens (primary N) is 1. The molecular formula is C60H79N15O6. The molecule has 21 nitrogen and oxygen atoms in total. The van der Waals surface area contributed by atoms with Crippen LogP contribution in [-0.4, -0.2) is 178 Å². The standard InChI is InChI=1S/C60H79N15O6/c1-39-36-80-31-29-73(39)56-47-22-24-49(65-55(47)67-60(68-56)74-30-32-81-37-40(74)2)44-17-14-18-45(33-44)58(78)62-25-12-10-8-9-11-13-26-71(7)27-16-20-50(76)72-28-15-19-46(35-72)75-57-52(54(61)63-38-64-57)53(69-75)59(79)66-48-23-21-43(41(3)42(48)4)34-51(77)70(5)6/h14,16-18,20-24,33,38-40,46H,8-13,15,19,25-32,34-37H2,1-7H3,(H,62,78)(H,66,79)(H2,61,63,64)/b20-16+/t39-,40-,46-/m1/s1. The molecule has 0 unspecified atom stereocenters. The van der Waals surface area contributed by atoms with Crippen molar-refractivity contribution in [3.8, 4) is 11.3 Å². The van der Waals surface area contributed by atoms with Gasteiger partial charge in [-0.15, -0.1) is 0 Å². The number of ether oxygens (including phenoxy) is 2. The molecule has 2 aromatic carbocycles. The molecule has 3 fully saturated rings. The van der Waals surface area contributed by atoms with E-state index in [1.165, 1.54) is 6.33 Å². The third kappa shape index (κ3) is 13.9. The van der Waals surface area contributed by atoms with Gasteiger partial charge in [0.15, 0.2) is 17.0 Å². The smallest absolute Gasteiger partial charge is 0.277 e. The summed E-state index contributed by atoms with van der Waals surface area (Å²) in [4.78, 5) is 87.2. The van der Waals surface area contributed by atoms with Crippen LogP contribution >= 0.6 is 0 Å². The van der Waals surface area contributed by atoms with Gasteiger partial charge in [-0.2, -0.15) is 15.1 Å². The second-order valence-corrected chi connectivity index (χ2v) is 22.0. The highest BCUT2D eigenvalue weighted by Gasteiger charge is 2.31. The van der Waals surface area contributed by atoms with Crippen LogP contribution in [0.1, 0.15) is 109 Å². The third-order valence-corrected chi connectivity index (χ3v) is 15.9. The fourth-order valence-electron chi connectivity index (χ4n) is 10.9. The molecule has 0 radical (unpaired) electrons. The van der Waals surface area contributed by atoms with Crippen molar-refractivity contribution in [3.05, 3.63) is 95.0 Å². The Kier molecular flexibility index (Phi) is 19.2. The number of pyridine rings is 1. The Hall–Kier alpha value is -7.62. The average molecular weight is 1110 g/mol. The highest BCUT2D eigenvalue weighted by atomic mass is 16.5.